The van der Waals surface area contributed by atoms with E-state index in [0.29, 0.717) is 36.4 Å². The van der Waals surface area contributed by atoms with Crippen LogP contribution in [0.2, 0.25) is 0 Å². The van der Waals surface area contributed by atoms with Gasteiger partial charge in [-0.1, -0.05) is 12.1 Å². The summed E-state index contributed by atoms with van der Waals surface area (Å²) in [6, 6.07) is 7.19. The van der Waals surface area contributed by atoms with Crippen molar-refractivity contribution in [2.75, 3.05) is 44.4 Å². The first-order valence-electron chi connectivity index (χ1n) is 10.2. The van der Waals surface area contributed by atoms with E-state index in [-0.39, 0.29) is 19.1 Å². The number of anilines is 1. The zero-order valence-corrected chi connectivity index (χ0v) is 19.7. The van der Waals surface area contributed by atoms with Gasteiger partial charge in [0, 0.05) is 30.1 Å². The van der Waals surface area contributed by atoms with Gasteiger partial charge in [-0.2, -0.15) is 4.37 Å². The molecule has 2 aromatic rings. The van der Waals surface area contributed by atoms with E-state index in [1.165, 1.54) is 0 Å². The van der Waals surface area contributed by atoms with Crippen molar-refractivity contribution in [1.82, 2.24) is 13.6 Å². The number of halogens is 1. The number of carbonyl (C=O) groups is 1. The monoisotopic (exact) mass is 468 g/mol. The van der Waals surface area contributed by atoms with Gasteiger partial charge in [0.1, 0.15) is 12.7 Å². The predicted molar refractivity (Wildman–Crippen MR) is 121 cm³/mol. The first-order valence-corrected chi connectivity index (χ1v) is 11.5. The number of aliphatic hydroxyl groups is 1. The number of amides is 1. The van der Waals surface area contributed by atoms with Crippen molar-refractivity contribution in [2.45, 2.75) is 38.3 Å². The van der Waals surface area contributed by atoms with Gasteiger partial charge in [0.05, 0.1) is 31.5 Å². The van der Waals surface area contributed by atoms with Crippen LogP contribution in [0.4, 0.5) is 5.82 Å². The average molecular weight is 469 g/mol. The average Bonchev–Trinajstić information content (AvgIpc) is 3.24. The number of morpholine rings is 1. The number of β-amino-alcohol motifs (C(OH)–C–C–N with tert-alkyl or cyclic N) is 1. The second-order valence-corrected chi connectivity index (χ2v) is 9.17. The molecule has 10 heteroatoms. The number of aliphatic hydroxyl groups excluding tert-OH is 1. The van der Waals surface area contributed by atoms with Crippen molar-refractivity contribution in [2.24, 2.45) is 0 Å². The highest BCUT2D eigenvalue weighted by Crippen LogP contribution is 2.26. The normalized spacial score (nSPS) is 15.6. The highest BCUT2D eigenvalue weighted by molar-refractivity contribution is 6.99. The maximum atomic E-state index is 13.1. The SMILES string of the molecule is CC(C)(C)N(C[C@H](O)COc1nsnc1N1CCOCC1)C(=O)c1ccc(CCl)cc1. The highest BCUT2D eigenvalue weighted by Gasteiger charge is 2.30. The zero-order valence-electron chi connectivity index (χ0n) is 18.1. The number of nitrogens with zero attached hydrogens (tertiary/aromatic N) is 4. The Morgan fingerprint density at radius 2 is 1.97 bits per heavy atom. The summed E-state index contributed by atoms with van der Waals surface area (Å²) in [5, 5.41) is 10.6. The quantitative estimate of drug-likeness (QED) is 0.596. The molecule has 8 nitrogen and oxygen atoms in total. The van der Waals surface area contributed by atoms with Crippen LogP contribution >= 0.6 is 23.3 Å². The fourth-order valence-electron chi connectivity index (χ4n) is 3.23. The molecule has 1 atom stereocenters. The van der Waals surface area contributed by atoms with Gasteiger partial charge in [-0.15, -0.1) is 16.0 Å². The van der Waals surface area contributed by atoms with Crippen molar-refractivity contribution >= 4 is 35.1 Å². The van der Waals surface area contributed by atoms with Crippen LogP contribution in [0.15, 0.2) is 24.3 Å². The Balaban J connectivity index is 1.63. The third-order valence-corrected chi connectivity index (χ3v) is 5.78. The van der Waals surface area contributed by atoms with E-state index in [1.54, 1.807) is 17.0 Å². The Bertz CT molecular complexity index is 850. The lowest BCUT2D eigenvalue weighted by Gasteiger charge is -2.37. The van der Waals surface area contributed by atoms with Crippen LogP contribution < -0.4 is 9.64 Å². The number of alkyl halides is 1. The minimum atomic E-state index is -0.885. The Labute approximate surface area is 192 Å². The van der Waals surface area contributed by atoms with Crippen LogP contribution in [0.5, 0.6) is 5.88 Å². The molecule has 1 saturated heterocycles. The van der Waals surface area contributed by atoms with Crippen LogP contribution in [-0.4, -0.2) is 75.8 Å². The van der Waals surface area contributed by atoms with Crippen molar-refractivity contribution in [3.05, 3.63) is 35.4 Å². The van der Waals surface area contributed by atoms with Gasteiger partial charge >= 0.3 is 0 Å². The van der Waals surface area contributed by atoms with E-state index in [0.717, 1.165) is 30.4 Å². The molecule has 3 rings (SSSR count). The predicted octanol–water partition coefficient (Wildman–Crippen LogP) is 2.79. The molecule has 1 aliphatic heterocycles. The van der Waals surface area contributed by atoms with Crippen LogP contribution in [0.25, 0.3) is 0 Å². The van der Waals surface area contributed by atoms with E-state index in [9.17, 15) is 9.90 Å². The fraction of sp³-hybridized carbons (Fsp3) is 0.571. The summed E-state index contributed by atoms with van der Waals surface area (Å²) in [6.07, 6.45) is -0.885. The molecule has 0 spiro atoms. The molecule has 0 saturated carbocycles. The molecule has 0 radical (unpaired) electrons. The molecular weight excluding hydrogens is 440 g/mol. The lowest BCUT2D eigenvalue weighted by molar-refractivity contribution is 0.0261. The van der Waals surface area contributed by atoms with Crippen molar-refractivity contribution < 1.29 is 19.4 Å². The zero-order chi connectivity index (χ0) is 22.4. The Kier molecular flexibility index (Phi) is 8.10. The standard InChI is InChI=1S/C21H29ClN4O4S/c1-21(2,3)26(20(28)16-6-4-15(12-22)5-7-16)13-17(27)14-30-19-18(23-31-24-19)25-8-10-29-11-9-25/h4-7,17,27H,8-14H2,1-3H3/t17-/m0/s1. The van der Waals surface area contributed by atoms with Gasteiger partial charge in [0.2, 0.25) is 5.82 Å². The molecule has 31 heavy (non-hydrogen) atoms. The number of benzene rings is 1. The number of carbonyl (C=O) groups excluding carboxylic acids is 1. The first kappa shape index (κ1) is 23.7. The summed E-state index contributed by atoms with van der Waals surface area (Å²) in [4.78, 5) is 16.8. The van der Waals surface area contributed by atoms with Gasteiger partial charge in [-0.3, -0.25) is 4.79 Å². The molecule has 1 amide bonds. The summed E-state index contributed by atoms with van der Waals surface area (Å²) in [5.41, 5.74) is 1.02. The third-order valence-electron chi connectivity index (χ3n) is 4.97. The summed E-state index contributed by atoms with van der Waals surface area (Å²) >= 11 is 6.91. The molecular formula is C21H29ClN4O4S. The number of hydrogen-bond acceptors (Lipinski definition) is 8. The van der Waals surface area contributed by atoms with Crippen LogP contribution in [0.3, 0.4) is 0 Å². The highest BCUT2D eigenvalue weighted by atomic mass is 35.5. The number of aromatic nitrogens is 2. The van der Waals surface area contributed by atoms with Gasteiger partial charge in [-0.25, -0.2) is 0 Å². The number of hydrogen-bond donors (Lipinski definition) is 1. The Hall–Kier alpha value is -1.94. The second-order valence-electron chi connectivity index (χ2n) is 8.37. The Morgan fingerprint density at radius 3 is 2.58 bits per heavy atom. The fourth-order valence-corrected chi connectivity index (χ4v) is 3.93. The van der Waals surface area contributed by atoms with E-state index in [4.69, 9.17) is 21.1 Å². The summed E-state index contributed by atoms with van der Waals surface area (Å²) < 4.78 is 19.7. The van der Waals surface area contributed by atoms with Gasteiger partial charge in [0.15, 0.2) is 0 Å². The molecule has 0 unspecified atom stereocenters. The van der Waals surface area contributed by atoms with Crippen LogP contribution in [-0.2, 0) is 10.6 Å². The summed E-state index contributed by atoms with van der Waals surface area (Å²) in [6.45, 7) is 8.66. The van der Waals surface area contributed by atoms with E-state index >= 15 is 0 Å². The lowest BCUT2D eigenvalue weighted by Crippen LogP contribution is -2.50. The van der Waals surface area contributed by atoms with E-state index < -0.39 is 11.6 Å². The number of ether oxygens (including phenoxy) is 2. The molecule has 0 aliphatic carbocycles. The minimum Gasteiger partial charge on any atom is -0.472 e. The van der Waals surface area contributed by atoms with Crippen molar-refractivity contribution in [3.63, 3.8) is 0 Å². The largest absolute Gasteiger partial charge is 0.472 e. The molecule has 1 fully saturated rings. The van der Waals surface area contributed by atoms with Gasteiger partial charge in [-0.05, 0) is 38.5 Å². The third kappa shape index (κ3) is 6.29. The minimum absolute atomic E-state index is 0.00774. The molecule has 1 N–H and O–H groups in total. The maximum Gasteiger partial charge on any atom is 0.270 e. The summed E-state index contributed by atoms with van der Waals surface area (Å²) in [7, 11) is 0. The lowest BCUT2D eigenvalue weighted by atomic mass is 10.0. The Morgan fingerprint density at radius 1 is 1.29 bits per heavy atom. The topological polar surface area (TPSA) is 88.0 Å². The smallest absolute Gasteiger partial charge is 0.270 e. The van der Waals surface area contributed by atoms with Gasteiger partial charge in [0.25, 0.3) is 11.8 Å². The van der Waals surface area contributed by atoms with Crippen molar-refractivity contribution in [3.8, 4) is 5.88 Å². The van der Waals surface area contributed by atoms with Crippen LogP contribution in [0, 0.1) is 0 Å². The second kappa shape index (κ2) is 10.6. The van der Waals surface area contributed by atoms with Crippen LogP contribution in [0.1, 0.15) is 36.7 Å². The molecule has 1 aromatic carbocycles. The molecule has 1 aliphatic rings. The first-order chi connectivity index (χ1) is 14.8. The molecule has 2 heterocycles. The molecule has 0 bridgehead atoms. The van der Waals surface area contributed by atoms with Gasteiger partial charge < -0.3 is 24.4 Å². The molecule has 170 valence electrons. The van der Waals surface area contributed by atoms with Crippen molar-refractivity contribution in [1.29, 1.82) is 0 Å². The maximum absolute atomic E-state index is 13.1. The molecule has 1 aromatic heterocycles. The summed E-state index contributed by atoms with van der Waals surface area (Å²) in [5.74, 6) is 1.31. The number of rotatable bonds is 8. The van der Waals surface area contributed by atoms with E-state index in [2.05, 4.69) is 13.6 Å². The van der Waals surface area contributed by atoms with E-state index in [1.807, 2.05) is 32.9 Å².